The molecule has 0 aliphatic rings. The summed E-state index contributed by atoms with van der Waals surface area (Å²) in [6.07, 6.45) is 1.93. The molecule has 0 atom stereocenters. The van der Waals surface area contributed by atoms with Gasteiger partial charge < -0.3 is 10.1 Å². The third-order valence-electron chi connectivity index (χ3n) is 2.39. The molecule has 4 heteroatoms. The van der Waals surface area contributed by atoms with Gasteiger partial charge in [0.05, 0.1) is 6.61 Å². The van der Waals surface area contributed by atoms with Crippen LogP contribution in [0.4, 0.5) is 0 Å². The van der Waals surface area contributed by atoms with E-state index in [0.717, 1.165) is 17.1 Å². The maximum absolute atomic E-state index is 5.14. The van der Waals surface area contributed by atoms with Crippen molar-refractivity contribution >= 4 is 11.3 Å². The summed E-state index contributed by atoms with van der Waals surface area (Å²) in [7, 11) is 3.65. The zero-order valence-electron chi connectivity index (χ0n) is 10.1. The zero-order valence-corrected chi connectivity index (χ0v) is 10.9. The first-order chi connectivity index (χ1) is 8.33. The number of ether oxygens (including phenoxy) is 1. The fourth-order valence-corrected chi connectivity index (χ4v) is 2.58. The minimum Gasteiger partial charge on any atom is -0.380 e. The summed E-state index contributed by atoms with van der Waals surface area (Å²) in [4.78, 5) is 5.69. The molecule has 0 fully saturated rings. The smallest absolute Gasteiger partial charge is 0.123 e. The van der Waals surface area contributed by atoms with E-state index >= 15 is 0 Å². The Labute approximate surface area is 105 Å². The number of hydrogen-bond acceptors (Lipinski definition) is 4. The summed E-state index contributed by atoms with van der Waals surface area (Å²) >= 11 is 1.72. The molecule has 0 saturated carbocycles. The average Bonchev–Trinajstić information content (AvgIpc) is 2.79. The molecule has 0 bridgehead atoms. The van der Waals surface area contributed by atoms with E-state index in [0.29, 0.717) is 6.61 Å². The highest BCUT2D eigenvalue weighted by Crippen LogP contribution is 2.25. The molecule has 2 aromatic rings. The predicted molar refractivity (Wildman–Crippen MR) is 71.0 cm³/mol. The van der Waals surface area contributed by atoms with Crippen LogP contribution in [0.2, 0.25) is 0 Å². The molecule has 0 radical (unpaired) electrons. The van der Waals surface area contributed by atoms with Crippen LogP contribution in [-0.2, 0) is 17.9 Å². The zero-order chi connectivity index (χ0) is 12.1. The Bertz CT molecular complexity index is 482. The molecular weight excluding hydrogens is 232 g/mol. The Hall–Kier alpha value is -1.23. The van der Waals surface area contributed by atoms with Crippen LogP contribution in [0.25, 0.3) is 10.6 Å². The summed E-state index contributed by atoms with van der Waals surface area (Å²) in [5, 5.41) is 4.19. The molecule has 2 rings (SSSR count). The first kappa shape index (κ1) is 12.2. The molecule has 0 aliphatic heterocycles. The third-order valence-corrected chi connectivity index (χ3v) is 3.44. The van der Waals surface area contributed by atoms with Crippen molar-refractivity contribution in [1.29, 1.82) is 0 Å². The number of nitrogens with one attached hydrogen (secondary N) is 1. The second-order valence-electron chi connectivity index (χ2n) is 3.80. The maximum atomic E-state index is 5.14. The van der Waals surface area contributed by atoms with Crippen molar-refractivity contribution in [1.82, 2.24) is 10.3 Å². The Morgan fingerprint density at radius 3 is 3.06 bits per heavy atom. The van der Waals surface area contributed by atoms with Crippen molar-refractivity contribution in [3.05, 3.63) is 40.9 Å². The second kappa shape index (κ2) is 5.91. The molecule has 0 aliphatic carbocycles. The molecule has 0 spiro atoms. The lowest BCUT2D eigenvalue weighted by Gasteiger charge is -2.01. The Morgan fingerprint density at radius 2 is 2.29 bits per heavy atom. The van der Waals surface area contributed by atoms with Gasteiger partial charge in [0.2, 0.25) is 0 Å². The minimum atomic E-state index is 0.641. The highest BCUT2D eigenvalue weighted by atomic mass is 32.1. The van der Waals surface area contributed by atoms with E-state index in [4.69, 9.17) is 4.74 Å². The van der Waals surface area contributed by atoms with Crippen LogP contribution in [0.3, 0.4) is 0 Å². The van der Waals surface area contributed by atoms with Crippen molar-refractivity contribution in [3.8, 4) is 10.6 Å². The number of aromatic nitrogens is 1. The topological polar surface area (TPSA) is 34.2 Å². The first-order valence-corrected chi connectivity index (χ1v) is 6.32. The molecule has 0 unspecified atom stereocenters. The summed E-state index contributed by atoms with van der Waals surface area (Å²) in [6, 6.07) is 8.32. The van der Waals surface area contributed by atoms with E-state index < -0.39 is 0 Å². The van der Waals surface area contributed by atoms with Crippen molar-refractivity contribution in [2.75, 3.05) is 14.2 Å². The Kier molecular flexibility index (Phi) is 4.25. The minimum absolute atomic E-state index is 0.641. The largest absolute Gasteiger partial charge is 0.380 e. The molecule has 90 valence electrons. The third kappa shape index (κ3) is 3.12. The van der Waals surface area contributed by atoms with Gasteiger partial charge in [-0.25, -0.2) is 4.98 Å². The van der Waals surface area contributed by atoms with Gasteiger partial charge in [-0.2, -0.15) is 0 Å². The van der Waals surface area contributed by atoms with Crippen LogP contribution in [0.1, 0.15) is 10.4 Å². The fraction of sp³-hybridized carbons (Fsp3) is 0.308. The van der Waals surface area contributed by atoms with Crippen LogP contribution >= 0.6 is 11.3 Å². The summed E-state index contributed by atoms with van der Waals surface area (Å²) in [5.74, 6) is 0. The average molecular weight is 248 g/mol. The predicted octanol–water partition coefficient (Wildman–Crippen LogP) is 2.68. The van der Waals surface area contributed by atoms with Gasteiger partial charge >= 0.3 is 0 Å². The molecule has 0 amide bonds. The van der Waals surface area contributed by atoms with Gasteiger partial charge in [0.25, 0.3) is 0 Å². The fourth-order valence-electron chi connectivity index (χ4n) is 1.66. The molecular formula is C13H16N2OS. The summed E-state index contributed by atoms with van der Waals surface area (Å²) in [6.45, 7) is 1.51. The Morgan fingerprint density at radius 1 is 1.41 bits per heavy atom. The number of thiazole rings is 1. The van der Waals surface area contributed by atoms with E-state index in [1.807, 2.05) is 19.3 Å². The van der Waals surface area contributed by atoms with E-state index in [1.54, 1.807) is 18.4 Å². The highest BCUT2D eigenvalue weighted by molar-refractivity contribution is 7.15. The lowest BCUT2D eigenvalue weighted by Crippen LogP contribution is -2.02. The van der Waals surface area contributed by atoms with Crippen molar-refractivity contribution < 1.29 is 4.74 Å². The lowest BCUT2D eigenvalue weighted by molar-refractivity contribution is 0.185. The van der Waals surface area contributed by atoms with Gasteiger partial charge in [-0.15, -0.1) is 11.3 Å². The molecule has 1 N–H and O–H groups in total. The van der Waals surface area contributed by atoms with Gasteiger partial charge in [-0.05, 0) is 18.7 Å². The summed E-state index contributed by atoms with van der Waals surface area (Å²) < 4.78 is 5.14. The number of rotatable bonds is 5. The molecule has 1 heterocycles. The first-order valence-electron chi connectivity index (χ1n) is 5.51. The molecule has 1 aromatic heterocycles. The number of hydrogen-bond donors (Lipinski definition) is 1. The van der Waals surface area contributed by atoms with E-state index in [2.05, 4.69) is 28.5 Å². The van der Waals surface area contributed by atoms with Crippen molar-refractivity contribution in [2.24, 2.45) is 0 Å². The number of methoxy groups -OCH3 is 1. The highest BCUT2D eigenvalue weighted by Gasteiger charge is 2.04. The summed E-state index contributed by atoms with van der Waals surface area (Å²) in [5.41, 5.74) is 2.34. The number of benzene rings is 1. The monoisotopic (exact) mass is 248 g/mol. The van der Waals surface area contributed by atoms with Crippen LogP contribution in [0.5, 0.6) is 0 Å². The lowest BCUT2D eigenvalue weighted by atomic mass is 10.1. The molecule has 1 aromatic carbocycles. The second-order valence-corrected chi connectivity index (χ2v) is 4.91. The van der Waals surface area contributed by atoms with Gasteiger partial charge in [0.1, 0.15) is 5.01 Å². The number of nitrogens with zero attached hydrogens (tertiary/aromatic N) is 1. The molecule has 17 heavy (non-hydrogen) atoms. The van der Waals surface area contributed by atoms with Crippen molar-refractivity contribution in [3.63, 3.8) is 0 Å². The standard InChI is InChI=1S/C13H16N2OS/c1-14-7-12-8-15-13(17-12)11-5-3-4-10(6-11)9-16-2/h3-6,8,14H,7,9H2,1-2H3. The normalized spacial score (nSPS) is 10.7. The SMILES string of the molecule is CNCc1cnc(-c2cccc(COC)c2)s1. The van der Waals surface area contributed by atoms with Gasteiger partial charge in [0.15, 0.2) is 0 Å². The van der Waals surface area contributed by atoms with Crippen LogP contribution in [0, 0.1) is 0 Å². The van der Waals surface area contributed by atoms with Crippen LogP contribution in [0.15, 0.2) is 30.5 Å². The van der Waals surface area contributed by atoms with Gasteiger partial charge in [-0.1, -0.05) is 18.2 Å². The van der Waals surface area contributed by atoms with E-state index in [-0.39, 0.29) is 0 Å². The van der Waals surface area contributed by atoms with Gasteiger partial charge in [0, 0.05) is 30.3 Å². The van der Waals surface area contributed by atoms with Gasteiger partial charge in [-0.3, -0.25) is 0 Å². The molecule has 0 saturated heterocycles. The van der Waals surface area contributed by atoms with Crippen LogP contribution < -0.4 is 5.32 Å². The van der Waals surface area contributed by atoms with Crippen molar-refractivity contribution in [2.45, 2.75) is 13.2 Å². The molecule has 3 nitrogen and oxygen atoms in total. The maximum Gasteiger partial charge on any atom is 0.123 e. The quantitative estimate of drug-likeness (QED) is 0.883. The van der Waals surface area contributed by atoms with E-state index in [1.165, 1.54) is 10.4 Å². The Balaban J connectivity index is 2.22. The van der Waals surface area contributed by atoms with Crippen LogP contribution in [-0.4, -0.2) is 19.1 Å². The van der Waals surface area contributed by atoms with E-state index in [9.17, 15) is 0 Å².